The van der Waals surface area contributed by atoms with Gasteiger partial charge in [0, 0.05) is 49.4 Å². The first-order chi connectivity index (χ1) is 18.4. The molecule has 0 aromatic heterocycles. The highest BCUT2D eigenvalue weighted by atomic mass is 16.5. The van der Waals surface area contributed by atoms with Crippen LogP contribution < -0.4 is 10.6 Å². The Hall–Kier alpha value is -4.14. The highest BCUT2D eigenvalue weighted by molar-refractivity contribution is 6.02. The van der Waals surface area contributed by atoms with Crippen LogP contribution in [0.4, 0.5) is 10.5 Å². The molecule has 0 unspecified atom stereocenters. The van der Waals surface area contributed by atoms with Gasteiger partial charge in [-0.3, -0.25) is 4.79 Å². The topological polar surface area (TPSA) is 115 Å². The lowest BCUT2D eigenvalue weighted by Gasteiger charge is -2.37. The van der Waals surface area contributed by atoms with Crippen LogP contribution in [0.1, 0.15) is 36.8 Å². The first-order valence-corrected chi connectivity index (χ1v) is 12.9. The van der Waals surface area contributed by atoms with Crippen LogP contribution in [-0.2, 0) is 25.7 Å². The molecule has 9 heteroatoms. The van der Waals surface area contributed by atoms with Gasteiger partial charge >= 0.3 is 12.1 Å². The molecule has 200 valence electrons. The maximum atomic E-state index is 13.0. The van der Waals surface area contributed by atoms with Crippen molar-refractivity contribution < 1.29 is 23.9 Å². The molecule has 2 fully saturated rings. The Morgan fingerprint density at radius 2 is 1.63 bits per heavy atom. The second-order valence-electron chi connectivity index (χ2n) is 9.50. The van der Waals surface area contributed by atoms with E-state index in [1.807, 2.05) is 59.5 Å². The largest absolute Gasteiger partial charge is 0.466 e. The summed E-state index contributed by atoms with van der Waals surface area (Å²) in [7, 11) is 1.37. The van der Waals surface area contributed by atoms with Crippen molar-refractivity contribution in [2.24, 2.45) is 16.6 Å². The number of nitrogens with two attached hydrogens (primary N) is 1. The highest BCUT2D eigenvalue weighted by Crippen LogP contribution is 2.27. The Bertz CT molecular complexity index is 1180. The van der Waals surface area contributed by atoms with Gasteiger partial charge < -0.3 is 25.0 Å². The van der Waals surface area contributed by atoms with Gasteiger partial charge in [0.25, 0.3) is 0 Å². The van der Waals surface area contributed by atoms with E-state index < -0.39 is 6.09 Å². The molecule has 2 saturated heterocycles. The fraction of sp³-hybridized carbons (Fsp3) is 0.379. The summed E-state index contributed by atoms with van der Waals surface area (Å²) in [6.45, 7) is 3.00. The molecule has 2 aliphatic heterocycles. The van der Waals surface area contributed by atoms with Gasteiger partial charge in [-0.05, 0) is 55.5 Å². The Labute approximate surface area is 222 Å². The van der Waals surface area contributed by atoms with Crippen molar-refractivity contribution in [1.82, 2.24) is 4.90 Å². The van der Waals surface area contributed by atoms with Crippen LogP contribution in [0.25, 0.3) is 0 Å². The number of methoxy groups -OCH3 is 1. The molecule has 2 aliphatic rings. The first-order valence-electron chi connectivity index (χ1n) is 12.9. The van der Waals surface area contributed by atoms with Crippen LogP contribution in [0.5, 0.6) is 0 Å². The summed E-state index contributed by atoms with van der Waals surface area (Å²) in [5.41, 5.74) is 9.61. The number of ether oxygens (including phenoxy) is 2. The van der Waals surface area contributed by atoms with Crippen LogP contribution in [-0.4, -0.2) is 62.0 Å². The number of esters is 1. The van der Waals surface area contributed by atoms with Crippen LogP contribution in [0, 0.1) is 5.92 Å². The number of aliphatic imine (C=N–C) groups is 1. The van der Waals surface area contributed by atoms with Crippen LogP contribution in [0.3, 0.4) is 0 Å². The monoisotopic (exact) mass is 518 g/mol. The third-order valence-electron chi connectivity index (χ3n) is 7.03. The number of anilines is 1. The molecule has 38 heavy (non-hydrogen) atoms. The molecule has 0 aliphatic carbocycles. The molecule has 0 bridgehead atoms. The van der Waals surface area contributed by atoms with Gasteiger partial charge in [-0.2, -0.15) is 4.99 Å². The zero-order chi connectivity index (χ0) is 26.9. The number of rotatable bonds is 6. The highest BCUT2D eigenvalue weighted by Gasteiger charge is 2.30. The third-order valence-corrected chi connectivity index (χ3v) is 7.03. The maximum Gasteiger partial charge on any atom is 0.435 e. The van der Waals surface area contributed by atoms with E-state index in [1.54, 1.807) is 6.08 Å². The van der Waals surface area contributed by atoms with Crippen molar-refractivity contribution in [1.29, 1.82) is 0 Å². The van der Waals surface area contributed by atoms with Gasteiger partial charge in [-0.15, -0.1) is 0 Å². The number of likely N-dealkylation sites (tertiary alicyclic amines) is 1. The number of piperidine rings is 2. The minimum absolute atomic E-state index is 0.0151. The van der Waals surface area contributed by atoms with Gasteiger partial charge in [0.2, 0.25) is 5.91 Å². The lowest BCUT2D eigenvalue weighted by molar-refractivity contribution is -0.136. The Balaban J connectivity index is 1.24. The summed E-state index contributed by atoms with van der Waals surface area (Å²) in [5.74, 6) is -0.0110. The fourth-order valence-corrected chi connectivity index (χ4v) is 4.78. The van der Waals surface area contributed by atoms with Crippen LogP contribution in [0.15, 0.2) is 71.2 Å². The molecular weight excluding hydrogens is 484 g/mol. The van der Waals surface area contributed by atoms with Crippen molar-refractivity contribution in [3.63, 3.8) is 0 Å². The maximum absolute atomic E-state index is 13.0. The Kier molecular flexibility index (Phi) is 9.13. The van der Waals surface area contributed by atoms with Crippen molar-refractivity contribution in [2.75, 3.05) is 38.2 Å². The second-order valence-corrected chi connectivity index (χ2v) is 9.50. The Morgan fingerprint density at radius 1 is 0.974 bits per heavy atom. The van der Waals surface area contributed by atoms with Gasteiger partial charge in [0.05, 0.1) is 7.11 Å². The van der Waals surface area contributed by atoms with E-state index in [9.17, 15) is 14.4 Å². The normalized spacial score (nSPS) is 16.7. The summed E-state index contributed by atoms with van der Waals surface area (Å²) < 4.78 is 9.86. The number of amidine groups is 1. The second kappa shape index (κ2) is 12.9. The van der Waals surface area contributed by atoms with E-state index in [1.165, 1.54) is 7.11 Å². The molecule has 2 amide bonds. The lowest BCUT2D eigenvalue weighted by atomic mass is 9.93. The molecule has 0 spiro atoms. The first kappa shape index (κ1) is 26.9. The van der Waals surface area contributed by atoms with Crippen molar-refractivity contribution in [2.45, 2.75) is 32.3 Å². The molecule has 2 heterocycles. The van der Waals surface area contributed by atoms with Gasteiger partial charge in [-0.25, -0.2) is 9.59 Å². The standard InChI is InChI=1S/C29H34N4O5/c1-37-26(34)19-21-11-15-33(16-12-21)28(35)24-13-17-32(18-14-24)25-9-7-23(8-10-25)27(30)31-29(36)38-20-22-5-3-2-4-6-22/h2-10,19,24H,11-18,20H2,1H3,(H2,30,31,36). The zero-order valence-corrected chi connectivity index (χ0v) is 21.7. The number of amides is 2. The van der Waals surface area contributed by atoms with Crippen molar-refractivity contribution in [3.8, 4) is 0 Å². The minimum Gasteiger partial charge on any atom is -0.466 e. The molecule has 0 radical (unpaired) electrons. The molecular formula is C29H34N4O5. The number of hydrogen-bond donors (Lipinski definition) is 1. The van der Waals surface area contributed by atoms with Gasteiger partial charge in [-0.1, -0.05) is 35.9 Å². The predicted molar refractivity (Wildman–Crippen MR) is 145 cm³/mol. The minimum atomic E-state index is -0.730. The van der Waals surface area contributed by atoms with Crippen LogP contribution in [0.2, 0.25) is 0 Å². The lowest BCUT2D eigenvalue weighted by Crippen LogP contribution is -2.44. The van der Waals surface area contributed by atoms with Gasteiger partial charge in [0.1, 0.15) is 12.4 Å². The van der Waals surface area contributed by atoms with Gasteiger partial charge in [0.15, 0.2) is 0 Å². The van der Waals surface area contributed by atoms with E-state index in [0.717, 1.165) is 42.8 Å². The summed E-state index contributed by atoms with van der Waals surface area (Å²) in [4.78, 5) is 44.6. The van der Waals surface area contributed by atoms with E-state index in [4.69, 9.17) is 15.2 Å². The molecule has 2 aromatic rings. The molecule has 9 nitrogen and oxygen atoms in total. The molecule has 0 saturated carbocycles. The molecule has 4 rings (SSSR count). The SMILES string of the molecule is COC(=O)C=C1CCN(C(=O)C2CCN(c3ccc(C(N)=NC(=O)OCc4ccccc4)cc3)CC2)CC1. The average molecular weight is 519 g/mol. The average Bonchev–Trinajstić information content (AvgIpc) is 2.96. The number of hydrogen-bond acceptors (Lipinski definition) is 6. The third kappa shape index (κ3) is 7.21. The number of benzene rings is 2. The summed E-state index contributed by atoms with van der Waals surface area (Å²) in [6.07, 6.45) is 3.82. The Morgan fingerprint density at radius 3 is 2.26 bits per heavy atom. The van der Waals surface area contributed by atoms with E-state index in [0.29, 0.717) is 31.5 Å². The predicted octanol–water partition coefficient (Wildman–Crippen LogP) is 3.67. The molecule has 2 aromatic carbocycles. The molecule has 2 N–H and O–H groups in total. The van der Waals surface area contributed by atoms with Crippen LogP contribution >= 0.6 is 0 Å². The van der Waals surface area contributed by atoms with Crippen molar-refractivity contribution in [3.05, 3.63) is 77.4 Å². The van der Waals surface area contributed by atoms with Crippen molar-refractivity contribution >= 4 is 29.5 Å². The van der Waals surface area contributed by atoms with E-state index in [2.05, 4.69) is 9.89 Å². The zero-order valence-electron chi connectivity index (χ0n) is 21.7. The quantitative estimate of drug-likeness (QED) is 0.269. The number of nitrogens with zero attached hydrogens (tertiary/aromatic N) is 3. The summed E-state index contributed by atoms with van der Waals surface area (Å²) in [6, 6.07) is 17.0. The van der Waals surface area contributed by atoms with E-state index in [-0.39, 0.29) is 30.2 Å². The number of carbonyl (C=O) groups is 3. The summed E-state index contributed by atoms with van der Waals surface area (Å²) >= 11 is 0. The fourth-order valence-electron chi connectivity index (χ4n) is 4.78. The van der Waals surface area contributed by atoms with E-state index >= 15 is 0 Å². The summed E-state index contributed by atoms with van der Waals surface area (Å²) in [5, 5.41) is 0. The number of carbonyl (C=O) groups excluding carboxylic acids is 3. The molecule has 0 atom stereocenters. The smallest absolute Gasteiger partial charge is 0.435 e.